The summed E-state index contributed by atoms with van der Waals surface area (Å²) < 4.78 is 6.69. The van der Waals surface area contributed by atoms with Gasteiger partial charge >= 0.3 is 6.09 Å². The zero-order chi connectivity index (χ0) is 18.7. The standard InChI is InChI=1S/C17H21N7O2/c1-11(2)26-17(25)20-16-22-21-15-14(18-9-10-24(15)16)19-12-5-7-13(8-6-12)23(3)4/h5-11H,1-4H3,(H,18,19)(H,20,22,25). The average Bonchev–Trinajstić information content (AvgIpc) is 2.98. The van der Waals surface area contributed by atoms with Crippen molar-refractivity contribution in [3.8, 4) is 0 Å². The normalized spacial score (nSPS) is 10.8. The summed E-state index contributed by atoms with van der Waals surface area (Å²) in [4.78, 5) is 18.1. The van der Waals surface area contributed by atoms with E-state index in [1.54, 1.807) is 30.6 Å². The van der Waals surface area contributed by atoms with Crippen molar-refractivity contribution in [3.63, 3.8) is 0 Å². The number of aromatic nitrogens is 4. The SMILES string of the molecule is CC(C)OC(=O)Nc1nnc2c(Nc3ccc(N(C)C)cc3)nccn12. The first-order valence-corrected chi connectivity index (χ1v) is 8.16. The molecule has 136 valence electrons. The van der Waals surface area contributed by atoms with Crippen LogP contribution in [0.15, 0.2) is 36.7 Å². The molecule has 0 unspecified atom stereocenters. The highest BCUT2D eigenvalue weighted by Crippen LogP contribution is 2.22. The van der Waals surface area contributed by atoms with Crippen molar-refractivity contribution in [3.05, 3.63) is 36.7 Å². The summed E-state index contributed by atoms with van der Waals surface area (Å²) in [5.74, 6) is 0.793. The Kier molecular flexibility index (Phi) is 4.87. The Labute approximate surface area is 151 Å². The van der Waals surface area contributed by atoms with E-state index in [4.69, 9.17) is 4.74 Å². The molecule has 3 aromatic rings. The van der Waals surface area contributed by atoms with E-state index < -0.39 is 6.09 Å². The molecule has 2 N–H and O–H groups in total. The Hall–Kier alpha value is -3.36. The van der Waals surface area contributed by atoms with Gasteiger partial charge in [0.05, 0.1) is 6.10 Å². The van der Waals surface area contributed by atoms with E-state index >= 15 is 0 Å². The molecule has 3 rings (SSSR count). The number of benzene rings is 1. The number of anilines is 4. The van der Waals surface area contributed by atoms with Crippen molar-refractivity contribution < 1.29 is 9.53 Å². The van der Waals surface area contributed by atoms with Gasteiger partial charge in [-0.05, 0) is 38.1 Å². The number of amides is 1. The van der Waals surface area contributed by atoms with Crippen molar-refractivity contribution in [2.45, 2.75) is 20.0 Å². The van der Waals surface area contributed by atoms with Crippen molar-refractivity contribution >= 4 is 34.9 Å². The molecule has 2 aromatic heterocycles. The molecule has 0 spiro atoms. The fraction of sp³-hybridized carbons (Fsp3) is 0.294. The molecular weight excluding hydrogens is 334 g/mol. The van der Waals surface area contributed by atoms with Gasteiger partial charge in [0.25, 0.3) is 0 Å². The van der Waals surface area contributed by atoms with Gasteiger partial charge in [0, 0.05) is 37.9 Å². The third kappa shape index (κ3) is 3.82. The maximum absolute atomic E-state index is 11.8. The maximum atomic E-state index is 11.8. The van der Waals surface area contributed by atoms with Crippen LogP contribution in [0.5, 0.6) is 0 Å². The quantitative estimate of drug-likeness (QED) is 0.726. The molecule has 0 saturated heterocycles. The van der Waals surface area contributed by atoms with E-state index in [1.807, 2.05) is 43.3 Å². The maximum Gasteiger partial charge on any atom is 0.414 e. The summed E-state index contributed by atoms with van der Waals surface area (Å²) in [6.07, 6.45) is 2.46. The zero-order valence-electron chi connectivity index (χ0n) is 15.1. The number of hydrogen-bond donors (Lipinski definition) is 2. The van der Waals surface area contributed by atoms with Gasteiger partial charge in [0.1, 0.15) is 0 Å². The fourth-order valence-corrected chi connectivity index (χ4v) is 2.31. The van der Waals surface area contributed by atoms with Gasteiger partial charge in [-0.3, -0.25) is 9.72 Å². The van der Waals surface area contributed by atoms with Crippen LogP contribution in [0.1, 0.15) is 13.8 Å². The number of ether oxygens (including phenoxy) is 1. The average molecular weight is 355 g/mol. The van der Waals surface area contributed by atoms with Gasteiger partial charge in [-0.15, -0.1) is 10.2 Å². The van der Waals surface area contributed by atoms with Gasteiger partial charge in [0.2, 0.25) is 11.6 Å². The number of carbonyl (C=O) groups excluding carboxylic acids is 1. The van der Waals surface area contributed by atoms with E-state index in [9.17, 15) is 4.79 Å². The minimum absolute atomic E-state index is 0.224. The topological polar surface area (TPSA) is 96.7 Å². The number of rotatable bonds is 5. The van der Waals surface area contributed by atoms with Gasteiger partial charge in [-0.1, -0.05) is 0 Å². The molecule has 0 bridgehead atoms. The van der Waals surface area contributed by atoms with Gasteiger partial charge < -0.3 is 15.0 Å². The number of carbonyl (C=O) groups is 1. The molecule has 0 aliphatic rings. The van der Waals surface area contributed by atoms with E-state index in [1.165, 1.54) is 0 Å². The third-order valence-corrected chi connectivity index (χ3v) is 3.53. The molecule has 9 nitrogen and oxygen atoms in total. The van der Waals surface area contributed by atoms with Crippen LogP contribution < -0.4 is 15.5 Å². The Morgan fingerprint density at radius 1 is 1.19 bits per heavy atom. The van der Waals surface area contributed by atoms with E-state index in [0.29, 0.717) is 11.5 Å². The van der Waals surface area contributed by atoms with Crippen LogP contribution in [-0.2, 0) is 4.74 Å². The molecule has 0 aliphatic heterocycles. The molecule has 0 saturated carbocycles. The number of hydrogen-bond acceptors (Lipinski definition) is 7. The lowest BCUT2D eigenvalue weighted by Gasteiger charge is -2.13. The second kappa shape index (κ2) is 7.26. The zero-order valence-corrected chi connectivity index (χ0v) is 15.1. The molecule has 9 heteroatoms. The predicted molar refractivity (Wildman–Crippen MR) is 100 cm³/mol. The Morgan fingerprint density at radius 3 is 2.58 bits per heavy atom. The highest BCUT2D eigenvalue weighted by Gasteiger charge is 2.14. The number of fused-ring (bicyclic) bond motifs is 1. The van der Waals surface area contributed by atoms with Crippen molar-refractivity contribution in [2.75, 3.05) is 29.6 Å². The van der Waals surface area contributed by atoms with Crippen LogP contribution in [0, 0.1) is 0 Å². The first-order chi connectivity index (χ1) is 12.4. The van der Waals surface area contributed by atoms with Gasteiger partial charge in [-0.2, -0.15) is 0 Å². The van der Waals surface area contributed by atoms with E-state index in [2.05, 4.69) is 25.8 Å². The lowest BCUT2D eigenvalue weighted by molar-refractivity contribution is 0.129. The molecular formula is C17H21N7O2. The van der Waals surface area contributed by atoms with Crippen molar-refractivity contribution in [1.29, 1.82) is 0 Å². The minimum Gasteiger partial charge on any atom is -0.447 e. The molecule has 2 heterocycles. The predicted octanol–water partition coefficient (Wildman–Crippen LogP) is 2.89. The summed E-state index contributed by atoms with van der Waals surface area (Å²) in [5.41, 5.74) is 2.45. The Bertz CT molecular complexity index is 903. The first kappa shape index (κ1) is 17.5. The van der Waals surface area contributed by atoms with Crippen LogP contribution in [0.3, 0.4) is 0 Å². The summed E-state index contributed by atoms with van der Waals surface area (Å²) in [6.45, 7) is 3.55. The highest BCUT2D eigenvalue weighted by atomic mass is 16.6. The lowest BCUT2D eigenvalue weighted by atomic mass is 10.2. The number of nitrogens with zero attached hydrogens (tertiary/aromatic N) is 5. The molecule has 1 amide bonds. The van der Waals surface area contributed by atoms with Crippen LogP contribution in [-0.4, -0.2) is 45.9 Å². The largest absolute Gasteiger partial charge is 0.447 e. The minimum atomic E-state index is -0.583. The highest BCUT2D eigenvalue weighted by molar-refractivity contribution is 5.83. The van der Waals surface area contributed by atoms with Crippen LogP contribution in [0.4, 0.5) is 27.9 Å². The monoisotopic (exact) mass is 355 g/mol. The second-order valence-corrected chi connectivity index (χ2v) is 6.14. The van der Waals surface area contributed by atoms with E-state index in [-0.39, 0.29) is 12.1 Å². The first-order valence-electron chi connectivity index (χ1n) is 8.16. The van der Waals surface area contributed by atoms with E-state index in [0.717, 1.165) is 11.4 Å². The third-order valence-electron chi connectivity index (χ3n) is 3.53. The van der Waals surface area contributed by atoms with Crippen LogP contribution in [0.2, 0.25) is 0 Å². The van der Waals surface area contributed by atoms with Gasteiger partial charge in [-0.25, -0.2) is 9.78 Å². The lowest BCUT2D eigenvalue weighted by Crippen LogP contribution is -2.19. The summed E-state index contributed by atoms with van der Waals surface area (Å²) in [7, 11) is 3.97. The van der Waals surface area contributed by atoms with Crippen LogP contribution >= 0.6 is 0 Å². The molecule has 26 heavy (non-hydrogen) atoms. The summed E-state index contributed by atoms with van der Waals surface area (Å²) in [5, 5.41) is 13.9. The summed E-state index contributed by atoms with van der Waals surface area (Å²) in [6, 6.07) is 7.91. The molecule has 0 radical (unpaired) electrons. The van der Waals surface area contributed by atoms with Crippen molar-refractivity contribution in [1.82, 2.24) is 19.6 Å². The van der Waals surface area contributed by atoms with Crippen molar-refractivity contribution in [2.24, 2.45) is 0 Å². The number of nitrogens with one attached hydrogen (secondary N) is 2. The summed E-state index contributed by atoms with van der Waals surface area (Å²) >= 11 is 0. The molecule has 0 atom stereocenters. The second-order valence-electron chi connectivity index (χ2n) is 6.14. The molecule has 1 aromatic carbocycles. The molecule has 0 aliphatic carbocycles. The van der Waals surface area contributed by atoms with Gasteiger partial charge in [0.15, 0.2) is 5.82 Å². The van der Waals surface area contributed by atoms with Crippen LogP contribution in [0.25, 0.3) is 5.65 Å². The Balaban J connectivity index is 1.83. The molecule has 0 fully saturated rings. The Morgan fingerprint density at radius 2 is 1.92 bits per heavy atom. The smallest absolute Gasteiger partial charge is 0.414 e. The fourth-order valence-electron chi connectivity index (χ4n) is 2.31.